The highest BCUT2D eigenvalue weighted by molar-refractivity contribution is 6.12. The maximum atomic E-state index is 10.7. The van der Waals surface area contributed by atoms with Gasteiger partial charge in [-0.3, -0.25) is 0 Å². The molecule has 0 amide bonds. The highest BCUT2D eigenvalue weighted by atomic mass is 16.3. The Labute approximate surface area is 240 Å². The van der Waals surface area contributed by atoms with Crippen LogP contribution in [-0.2, 0) is 0 Å². The molecular formula is C38H20N2O2. The van der Waals surface area contributed by atoms with Crippen molar-refractivity contribution in [3.05, 3.63) is 132 Å². The predicted octanol–water partition coefficient (Wildman–Crippen LogP) is 10.2. The first-order valence-electron chi connectivity index (χ1n) is 13.6. The summed E-state index contributed by atoms with van der Waals surface area (Å²) in [5.41, 5.74) is 8.79. The lowest BCUT2D eigenvalue weighted by Gasteiger charge is -2.15. The van der Waals surface area contributed by atoms with E-state index < -0.39 is 0 Å². The predicted molar refractivity (Wildman–Crippen MR) is 167 cm³/mol. The molecule has 0 atom stereocenters. The van der Waals surface area contributed by atoms with E-state index in [-0.39, 0.29) is 0 Å². The van der Waals surface area contributed by atoms with Gasteiger partial charge < -0.3 is 8.83 Å². The summed E-state index contributed by atoms with van der Waals surface area (Å²) >= 11 is 0. The summed E-state index contributed by atoms with van der Waals surface area (Å²) in [5.74, 6) is 0. The minimum Gasteiger partial charge on any atom is -0.455 e. The summed E-state index contributed by atoms with van der Waals surface area (Å²) in [6.45, 7) is 0. The summed E-state index contributed by atoms with van der Waals surface area (Å²) in [6.07, 6.45) is 0. The number of furan rings is 2. The van der Waals surface area contributed by atoms with Gasteiger partial charge in [-0.1, -0.05) is 91.0 Å². The Kier molecular flexibility index (Phi) is 5.22. The minimum atomic E-state index is 0.508. The van der Waals surface area contributed by atoms with E-state index in [4.69, 9.17) is 8.83 Å². The molecule has 4 heteroatoms. The summed E-state index contributed by atoms with van der Waals surface area (Å²) < 4.78 is 12.8. The molecule has 8 aromatic rings. The highest BCUT2D eigenvalue weighted by Crippen LogP contribution is 2.44. The molecule has 0 aliphatic rings. The molecule has 4 nitrogen and oxygen atoms in total. The molecule has 8 rings (SSSR count). The van der Waals surface area contributed by atoms with Crippen molar-refractivity contribution in [3.63, 3.8) is 0 Å². The normalized spacial score (nSPS) is 11.3. The number of para-hydroxylation sites is 4. The SMILES string of the molecule is N#Cc1ccccc1-c1cc(-c2cccc3c2oc2ccccc23)c(C#N)c(-c2cccc3c2oc2ccccc23)c1. The average molecular weight is 537 g/mol. The van der Waals surface area contributed by atoms with Gasteiger partial charge >= 0.3 is 0 Å². The number of nitrogens with zero attached hydrogens (tertiary/aromatic N) is 2. The molecule has 0 spiro atoms. The maximum Gasteiger partial charge on any atom is 0.143 e. The Morgan fingerprint density at radius 2 is 0.905 bits per heavy atom. The van der Waals surface area contributed by atoms with Gasteiger partial charge in [0.1, 0.15) is 28.4 Å². The molecular weight excluding hydrogens is 516 g/mol. The first-order chi connectivity index (χ1) is 20.7. The molecule has 0 aliphatic heterocycles. The quantitative estimate of drug-likeness (QED) is 0.225. The molecule has 0 N–H and O–H groups in total. The molecule has 2 aromatic heterocycles. The van der Waals surface area contributed by atoms with Crippen molar-refractivity contribution in [2.75, 3.05) is 0 Å². The molecule has 42 heavy (non-hydrogen) atoms. The zero-order chi connectivity index (χ0) is 28.2. The molecule has 6 aromatic carbocycles. The van der Waals surface area contributed by atoms with Gasteiger partial charge in [0.25, 0.3) is 0 Å². The van der Waals surface area contributed by atoms with E-state index in [1.54, 1.807) is 0 Å². The fourth-order valence-electron chi connectivity index (χ4n) is 6.09. The van der Waals surface area contributed by atoms with Crippen LogP contribution in [0.25, 0.3) is 77.3 Å². The maximum absolute atomic E-state index is 10.7. The van der Waals surface area contributed by atoms with E-state index in [1.807, 2.05) is 121 Å². The Bertz CT molecular complexity index is 2310. The summed E-state index contributed by atoms with van der Waals surface area (Å²) in [4.78, 5) is 0. The van der Waals surface area contributed by atoms with Crippen LogP contribution < -0.4 is 0 Å². The Morgan fingerprint density at radius 3 is 1.45 bits per heavy atom. The Morgan fingerprint density at radius 1 is 0.429 bits per heavy atom. The number of fused-ring (bicyclic) bond motifs is 6. The van der Waals surface area contributed by atoms with E-state index in [0.29, 0.717) is 22.3 Å². The van der Waals surface area contributed by atoms with Crippen LogP contribution >= 0.6 is 0 Å². The van der Waals surface area contributed by atoms with Crippen LogP contribution in [-0.4, -0.2) is 0 Å². The molecule has 0 saturated carbocycles. The summed E-state index contributed by atoms with van der Waals surface area (Å²) in [5, 5.41) is 24.7. The van der Waals surface area contributed by atoms with Crippen molar-refractivity contribution in [1.29, 1.82) is 10.5 Å². The fourth-order valence-corrected chi connectivity index (χ4v) is 6.09. The molecule has 0 radical (unpaired) electrons. The van der Waals surface area contributed by atoms with E-state index in [1.165, 1.54) is 0 Å². The third-order valence-corrected chi connectivity index (χ3v) is 8.00. The first-order valence-corrected chi connectivity index (χ1v) is 13.6. The Hall–Kier alpha value is -6.10. The van der Waals surface area contributed by atoms with Crippen LogP contribution in [0.4, 0.5) is 0 Å². The van der Waals surface area contributed by atoms with Crippen molar-refractivity contribution < 1.29 is 8.83 Å². The van der Waals surface area contributed by atoms with Gasteiger partial charge in [0, 0.05) is 43.8 Å². The number of nitriles is 2. The zero-order valence-electron chi connectivity index (χ0n) is 22.3. The van der Waals surface area contributed by atoms with Crippen molar-refractivity contribution in [2.45, 2.75) is 0 Å². The third kappa shape index (κ3) is 3.47. The number of hydrogen-bond donors (Lipinski definition) is 0. The van der Waals surface area contributed by atoms with Gasteiger partial charge in [-0.2, -0.15) is 10.5 Å². The van der Waals surface area contributed by atoms with Crippen molar-refractivity contribution >= 4 is 43.9 Å². The lowest BCUT2D eigenvalue weighted by atomic mass is 9.86. The van der Waals surface area contributed by atoms with Gasteiger partial charge in [0.15, 0.2) is 0 Å². The van der Waals surface area contributed by atoms with Gasteiger partial charge in [-0.15, -0.1) is 0 Å². The number of rotatable bonds is 3. The van der Waals surface area contributed by atoms with Gasteiger partial charge in [-0.25, -0.2) is 0 Å². The monoisotopic (exact) mass is 536 g/mol. The van der Waals surface area contributed by atoms with Crippen LogP contribution in [0.5, 0.6) is 0 Å². The van der Waals surface area contributed by atoms with E-state index in [0.717, 1.165) is 66.1 Å². The lowest BCUT2D eigenvalue weighted by molar-refractivity contribution is 0.670. The first kappa shape index (κ1) is 23.8. The molecule has 0 aliphatic carbocycles. The van der Waals surface area contributed by atoms with Crippen molar-refractivity contribution in [3.8, 4) is 45.5 Å². The summed E-state index contributed by atoms with van der Waals surface area (Å²) in [6, 6.07) is 44.4. The van der Waals surface area contributed by atoms with Crippen molar-refractivity contribution in [1.82, 2.24) is 0 Å². The largest absolute Gasteiger partial charge is 0.455 e. The molecule has 0 unspecified atom stereocenters. The second-order valence-corrected chi connectivity index (χ2v) is 10.3. The average Bonchev–Trinajstić information content (AvgIpc) is 3.63. The molecule has 2 heterocycles. The smallest absolute Gasteiger partial charge is 0.143 e. The number of hydrogen-bond acceptors (Lipinski definition) is 4. The molecule has 0 fully saturated rings. The summed E-state index contributed by atoms with van der Waals surface area (Å²) in [7, 11) is 0. The van der Waals surface area contributed by atoms with Gasteiger partial charge in [-0.05, 0) is 41.5 Å². The highest BCUT2D eigenvalue weighted by Gasteiger charge is 2.22. The van der Waals surface area contributed by atoms with Crippen LogP contribution in [0.2, 0.25) is 0 Å². The van der Waals surface area contributed by atoms with E-state index >= 15 is 0 Å². The zero-order valence-corrected chi connectivity index (χ0v) is 22.3. The Balaban J connectivity index is 1.51. The van der Waals surface area contributed by atoms with Crippen LogP contribution in [0, 0.1) is 22.7 Å². The molecule has 0 bridgehead atoms. The molecule has 194 valence electrons. The van der Waals surface area contributed by atoms with Crippen LogP contribution in [0.3, 0.4) is 0 Å². The fraction of sp³-hybridized carbons (Fsp3) is 0. The second kappa shape index (κ2) is 9.24. The minimum absolute atomic E-state index is 0.508. The molecule has 0 saturated heterocycles. The third-order valence-electron chi connectivity index (χ3n) is 8.00. The topological polar surface area (TPSA) is 73.9 Å². The van der Waals surface area contributed by atoms with Gasteiger partial charge in [0.05, 0.1) is 17.2 Å². The van der Waals surface area contributed by atoms with Crippen LogP contribution in [0.15, 0.2) is 130 Å². The van der Waals surface area contributed by atoms with E-state index in [9.17, 15) is 10.5 Å². The van der Waals surface area contributed by atoms with Crippen LogP contribution in [0.1, 0.15) is 11.1 Å². The van der Waals surface area contributed by atoms with E-state index in [2.05, 4.69) is 12.1 Å². The number of benzene rings is 6. The van der Waals surface area contributed by atoms with Gasteiger partial charge in [0.2, 0.25) is 0 Å². The van der Waals surface area contributed by atoms with Crippen molar-refractivity contribution in [2.24, 2.45) is 0 Å². The lowest BCUT2D eigenvalue weighted by Crippen LogP contribution is -1.94. The standard InChI is InChI=1S/C38H20N2O2/c39-21-23-9-1-2-10-25(23)24-19-32(30-15-7-13-28-26-11-3-5-17-35(26)41-37(28)30)34(22-40)33(20-24)31-16-8-14-29-27-12-4-6-18-36(27)42-38(29)31/h1-20H. The second-order valence-electron chi connectivity index (χ2n) is 10.3.